The molecule has 20 heavy (non-hydrogen) atoms. The Morgan fingerprint density at radius 3 is 2.55 bits per heavy atom. The summed E-state index contributed by atoms with van der Waals surface area (Å²) in [7, 11) is 1.60. The number of carbonyl (C=O) groups is 1. The van der Waals surface area contributed by atoms with E-state index in [0.29, 0.717) is 17.4 Å². The lowest BCUT2D eigenvalue weighted by Gasteiger charge is -2.17. The topological polar surface area (TPSA) is 50.4 Å². The number of benzene rings is 1. The number of hydrogen-bond acceptors (Lipinski definition) is 2. The van der Waals surface area contributed by atoms with E-state index in [9.17, 15) is 4.79 Å². The quantitative estimate of drug-likeness (QED) is 0.827. The van der Waals surface area contributed by atoms with Gasteiger partial charge in [0.15, 0.2) is 0 Å². The SMILES string of the molecule is COc1cc(C)ccc1NC(=O)NC(C)CCC(C)C. The van der Waals surface area contributed by atoms with Gasteiger partial charge in [-0.2, -0.15) is 0 Å². The lowest BCUT2D eigenvalue weighted by molar-refractivity contribution is 0.248. The molecule has 1 unspecified atom stereocenters. The van der Waals surface area contributed by atoms with Crippen molar-refractivity contribution >= 4 is 11.7 Å². The molecule has 0 saturated carbocycles. The van der Waals surface area contributed by atoms with E-state index >= 15 is 0 Å². The molecule has 112 valence electrons. The van der Waals surface area contributed by atoms with Gasteiger partial charge in [0.2, 0.25) is 0 Å². The summed E-state index contributed by atoms with van der Waals surface area (Å²) in [4.78, 5) is 11.9. The Balaban J connectivity index is 2.54. The molecule has 0 aromatic heterocycles. The molecule has 1 rings (SSSR count). The Bertz CT molecular complexity index is 444. The minimum Gasteiger partial charge on any atom is -0.495 e. The van der Waals surface area contributed by atoms with Gasteiger partial charge in [0.25, 0.3) is 0 Å². The van der Waals surface area contributed by atoms with E-state index in [-0.39, 0.29) is 12.1 Å². The van der Waals surface area contributed by atoms with Crippen molar-refractivity contribution < 1.29 is 9.53 Å². The summed E-state index contributed by atoms with van der Waals surface area (Å²) in [5.41, 5.74) is 1.78. The number of urea groups is 1. The highest BCUT2D eigenvalue weighted by molar-refractivity contribution is 5.91. The predicted molar refractivity (Wildman–Crippen MR) is 83.4 cm³/mol. The molecule has 0 aliphatic heterocycles. The molecule has 4 heteroatoms. The average molecular weight is 278 g/mol. The summed E-state index contributed by atoms with van der Waals surface area (Å²) in [6.45, 7) is 8.38. The van der Waals surface area contributed by atoms with E-state index in [2.05, 4.69) is 24.5 Å². The number of nitrogens with one attached hydrogen (secondary N) is 2. The van der Waals surface area contributed by atoms with Gasteiger partial charge in [-0.15, -0.1) is 0 Å². The van der Waals surface area contributed by atoms with Gasteiger partial charge in [-0.05, 0) is 50.3 Å². The van der Waals surface area contributed by atoms with Crippen LogP contribution in [-0.2, 0) is 0 Å². The molecule has 0 fully saturated rings. The van der Waals surface area contributed by atoms with Crippen LogP contribution in [0, 0.1) is 12.8 Å². The normalized spacial score (nSPS) is 12.1. The molecule has 0 aliphatic carbocycles. The van der Waals surface area contributed by atoms with Crippen LogP contribution >= 0.6 is 0 Å². The number of methoxy groups -OCH3 is 1. The third kappa shape index (κ3) is 5.51. The standard InChI is InChI=1S/C16H26N2O2/c1-11(2)6-8-13(4)17-16(19)18-14-9-7-12(3)10-15(14)20-5/h7,9-11,13H,6,8H2,1-5H3,(H2,17,18,19). The molecule has 0 bridgehead atoms. The van der Waals surface area contributed by atoms with Crippen LogP contribution in [-0.4, -0.2) is 19.2 Å². The van der Waals surface area contributed by atoms with Crippen LogP contribution in [0.2, 0.25) is 0 Å². The van der Waals surface area contributed by atoms with E-state index in [4.69, 9.17) is 4.74 Å². The maximum atomic E-state index is 11.9. The maximum Gasteiger partial charge on any atom is 0.319 e. The molecule has 2 N–H and O–H groups in total. The van der Waals surface area contributed by atoms with Gasteiger partial charge in [0.05, 0.1) is 12.8 Å². The van der Waals surface area contributed by atoms with Crippen LogP contribution in [0.5, 0.6) is 5.75 Å². The molecular formula is C16H26N2O2. The number of aryl methyl sites for hydroxylation is 1. The minimum absolute atomic E-state index is 0.161. The molecule has 4 nitrogen and oxygen atoms in total. The van der Waals surface area contributed by atoms with Gasteiger partial charge in [0.1, 0.15) is 5.75 Å². The van der Waals surface area contributed by atoms with Crippen molar-refractivity contribution in [3.8, 4) is 5.75 Å². The lowest BCUT2D eigenvalue weighted by atomic mass is 10.0. The highest BCUT2D eigenvalue weighted by Gasteiger charge is 2.10. The summed E-state index contributed by atoms with van der Waals surface area (Å²) in [6.07, 6.45) is 2.09. The van der Waals surface area contributed by atoms with Crippen LogP contribution in [0.3, 0.4) is 0 Å². The van der Waals surface area contributed by atoms with Gasteiger partial charge < -0.3 is 15.4 Å². The summed E-state index contributed by atoms with van der Waals surface area (Å²) < 4.78 is 5.27. The number of hydrogen-bond donors (Lipinski definition) is 2. The number of anilines is 1. The van der Waals surface area contributed by atoms with Crippen molar-refractivity contribution in [3.05, 3.63) is 23.8 Å². The van der Waals surface area contributed by atoms with Crippen molar-refractivity contribution in [3.63, 3.8) is 0 Å². The fraction of sp³-hybridized carbons (Fsp3) is 0.562. The summed E-state index contributed by atoms with van der Waals surface area (Å²) in [5.74, 6) is 1.33. The Hall–Kier alpha value is -1.71. The molecular weight excluding hydrogens is 252 g/mol. The van der Waals surface area contributed by atoms with Gasteiger partial charge in [0, 0.05) is 6.04 Å². The van der Waals surface area contributed by atoms with Crippen LogP contribution in [0.15, 0.2) is 18.2 Å². The molecule has 1 aromatic carbocycles. The minimum atomic E-state index is -0.191. The van der Waals surface area contributed by atoms with E-state index in [1.165, 1.54) is 0 Å². The maximum absolute atomic E-state index is 11.9. The molecule has 1 aromatic rings. The first-order valence-corrected chi connectivity index (χ1v) is 7.14. The first-order valence-electron chi connectivity index (χ1n) is 7.14. The second-order valence-corrected chi connectivity index (χ2v) is 5.67. The van der Waals surface area contributed by atoms with E-state index < -0.39 is 0 Å². The largest absolute Gasteiger partial charge is 0.495 e. The van der Waals surface area contributed by atoms with E-state index in [1.807, 2.05) is 32.0 Å². The third-order valence-electron chi connectivity index (χ3n) is 3.16. The third-order valence-corrected chi connectivity index (χ3v) is 3.16. The zero-order valence-electron chi connectivity index (χ0n) is 13.1. The number of carbonyl (C=O) groups excluding carboxylic acids is 1. The van der Waals surface area contributed by atoms with Crippen molar-refractivity contribution in [2.45, 2.75) is 46.6 Å². The number of amides is 2. The highest BCUT2D eigenvalue weighted by atomic mass is 16.5. The molecule has 0 heterocycles. The summed E-state index contributed by atoms with van der Waals surface area (Å²) in [6, 6.07) is 5.67. The zero-order chi connectivity index (χ0) is 15.1. The average Bonchev–Trinajstić information content (AvgIpc) is 2.38. The molecule has 1 atom stereocenters. The molecule has 0 aliphatic rings. The van der Waals surface area contributed by atoms with Gasteiger partial charge in [-0.25, -0.2) is 4.79 Å². The summed E-state index contributed by atoms with van der Waals surface area (Å²) in [5, 5.41) is 5.78. The van der Waals surface area contributed by atoms with Gasteiger partial charge >= 0.3 is 6.03 Å². The molecule has 2 amide bonds. The number of ether oxygens (including phenoxy) is 1. The Morgan fingerprint density at radius 2 is 1.95 bits per heavy atom. The van der Waals surface area contributed by atoms with E-state index in [1.54, 1.807) is 7.11 Å². The molecule has 0 spiro atoms. The van der Waals surface area contributed by atoms with Crippen molar-refractivity contribution in [2.24, 2.45) is 5.92 Å². The monoisotopic (exact) mass is 278 g/mol. The first-order chi connectivity index (χ1) is 9.42. The van der Waals surface area contributed by atoms with Gasteiger partial charge in [-0.3, -0.25) is 0 Å². The Labute approximate surface area is 121 Å². The zero-order valence-corrected chi connectivity index (χ0v) is 13.1. The smallest absolute Gasteiger partial charge is 0.319 e. The Morgan fingerprint density at radius 1 is 1.25 bits per heavy atom. The van der Waals surface area contributed by atoms with Crippen LogP contribution in [0.25, 0.3) is 0 Å². The fourth-order valence-electron chi connectivity index (χ4n) is 1.94. The van der Waals surface area contributed by atoms with Crippen LogP contribution in [0.1, 0.15) is 39.2 Å². The van der Waals surface area contributed by atoms with Crippen molar-refractivity contribution in [1.82, 2.24) is 5.32 Å². The fourth-order valence-corrected chi connectivity index (χ4v) is 1.94. The lowest BCUT2D eigenvalue weighted by Crippen LogP contribution is -2.36. The first kappa shape index (κ1) is 16.3. The van der Waals surface area contributed by atoms with Crippen LogP contribution < -0.4 is 15.4 Å². The van der Waals surface area contributed by atoms with E-state index in [0.717, 1.165) is 18.4 Å². The van der Waals surface area contributed by atoms with Crippen LogP contribution in [0.4, 0.5) is 10.5 Å². The molecule has 0 saturated heterocycles. The van der Waals surface area contributed by atoms with Crippen molar-refractivity contribution in [2.75, 3.05) is 12.4 Å². The molecule has 0 radical (unpaired) electrons. The second-order valence-electron chi connectivity index (χ2n) is 5.67. The van der Waals surface area contributed by atoms with Gasteiger partial charge in [-0.1, -0.05) is 19.9 Å². The number of rotatable bonds is 6. The highest BCUT2D eigenvalue weighted by Crippen LogP contribution is 2.25. The summed E-state index contributed by atoms with van der Waals surface area (Å²) >= 11 is 0. The predicted octanol–water partition coefficient (Wildman–Crippen LogP) is 3.95. The van der Waals surface area contributed by atoms with Crippen molar-refractivity contribution in [1.29, 1.82) is 0 Å². The second kappa shape index (κ2) is 7.78. The Kier molecular flexibility index (Phi) is 6.36.